The highest BCUT2D eigenvalue weighted by Crippen LogP contribution is 2.32. The fourth-order valence-electron chi connectivity index (χ4n) is 4.27. The number of carbonyl (C=O) groups is 1. The third kappa shape index (κ3) is 4.69. The van der Waals surface area contributed by atoms with E-state index in [4.69, 9.17) is 9.47 Å². The Balaban J connectivity index is 1.13. The molecule has 0 unspecified atom stereocenters. The van der Waals surface area contributed by atoms with Gasteiger partial charge in [0.15, 0.2) is 11.5 Å². The van der Waals surface area contributed by atoms with E-state index in [1.165, 1.54) is 5.56 Å². The Morgan fingerprint density at radius 3 is 2.62 bits per heavy atom. The van der Waals surface area contributed by atoms with Gasteiger partial charge in [-0.05, 0) is 36.5 Å². The number of carbonyl (C=O) groups excluding carboxylic acids is 1. The molecule has 2 aromatic carbocycles. The zero-order valence-corrected chi connectivity index (χ0v) is 17.9. The highest BCUT2D eigenvalue weighted by atomic mass is 16.6. The van der Waals surface area contributed by atoms with Crippen LogP contribution < -0.4 is 14.8 Å². The van der Waals surface area contributed by atoms with Gasteiger partial charge in [-0.3, -0.25) is 0 Å². The third-order valence-corrected chi connectivity index (χ3v) is 6.06. The van der Waals surface area contributed by atoms with Crippen molar-refractivity contribution in [2.24, 2.45) is 5.92 Å². The number of urea groups is 1. The number of fused-ring (bicyclic) bond motifs is 1. The Labute approximate surface area is 187 Å². The van der Waals surface area contributed by atoms with Crippen LogP contribution in [0.1, 0.15) is 24.2 Å². The van der Waals surface area contributed by atoms with Gasteiger partial charge in [0.2, 0.25) is 0 Å². The van der Waals surface area contributed by atoms with Crippen molar-refractivity contribution in [3.05, 3.63) is 66.2 Å². The first-order valence-electron chi connectivity index (χ1n) is 11.1. The summed E-state index contributed by atoms with van der Waals surface area (Å²) in [5.74, 6) is 2.89. The molecule has 1 aromatic heterocycles. The summed E-state index contributed by atoms with van der Waals surface area (Å²) in [4.78, 5) is 14.6. The number of aromatic nitrogens is 3. The predicted octanol–water partition coefficient (Wildman–Crippen LogP) is 3.58. The number of anilines is 1. The summed E-state index contributed by atoms with van der Waals surface area (Å²) in [6.45, 7) is 3.31. The van der Waals surface area contributed by atoms with Gasteiger partial charge in [-0.25, -0.2) is 4.79 Å². The number of ether oxygens (including phenoxy) is 2. The highest BCUT2D eigenvalue weighted by molar-refractivity contribution is 5.89. The first-order chi connectivity index (χ1) is 15.7. The molecule has 1 saturated heterocycles. The van der Waals surface area contributed by atoms with Crippen LogP contribution in [0.25, 0.3) is 0 Å². The van der Waals surface area contributed by atoms with Crippen molar-refractivity contribution < 1.29 is 14.3 Å². The number of likely N-dealkylation sites (tertiary alicyclic amines) is 1. The molecule has 166 valence electrons. The van der Waals surface area contributed by atoms with Gasteiger partial charge >= 0.3 is 6.03 Å². The van der Waals surface area contributed by atoms with Crippen molar-refractivity contribution in [2.45, 2.75) is 25.8 Å². The van der Waals surface area contributed by atoms with Gasteiger partial charge in [0.1, 0.15) is 25.4 Å². The van der Waals surface area contributed by atoms with E-state index in [-0.39, 0.29) is 6.03 Å². The number of hydrogen-bond acceptors (Lipinski definition) is 5. The summed E-state index contributed by atoms with van der Waals surface area (Å²) in [6, 6.07) is 15.8. The van der Waals surface area contributed by atoms with Gasteiger partial charge in [0, 0.05) is 31.3 Å². The number of hydrogen-bond donors (Lipinski definition) is 1. The third-order valence-electron chi connectivity index (χ3n) is 6.06. The van der Waals surface area contributed by atoms with Crippen LogP contribution >= 0.6 is 0 Å². The summed E-state index contributed by atoms with van der Waals surface area (Å²) < 4.78 is 13.3. The topological polar surface area (TPSA) is 81.5 Å². The Bertz CT molecular complexity index is 1060. The van der Waals surface area contributed by atoms with Crippen molar-refractivity contribution in [2.75, 3.05) is 31.6 Å². The zero-order valence-electron chi connectivity index (χ0n) is 17.9. The van der Waals surface area contributed by atoms with Gasteiger partial charge in [0.05, 0.1) is 6.54 Å². The normalized spacial score (nSPS) is 16.1. The Morgan fingerprint density at radius 2 is 1.81 bits per heavy atom. The molecule has 1 fully saturated rings. The van der Waals surface area contributed by atoms with Crippen LogP contribution in [0.3, 0.4) is 0 Å². The average Bonchev–Trinajstić information content (AvgIpc) is 3.26. The van der Waals surface area contributed by atoms with Gasteiger partial charge < -0.3 is 24.3 Å². The summed E-state index contributed by atoms with van der Waals surface area (Å²) in [5, 5.41) is 11.5. The fourth-order valence-corrected chi connectivity index (χ4v) is 4.27. The van der Waals surface area contributed by atoms with Crippen LogP contribution in [-0.4, -0.2) is 52.0 Å². The summed E-state index contributed by atoms with van der Waals surface area (Å²) in [7, 11) is 0. The maximum atomic E-state index is 12.7. The van der Waals surface area contributed by atoms with E-state index < -0.39 is 0 Å². The number of nitrogens with one attached hydrogen (secondary N) is 1. The molecule has 0 bridgehead atoms. The van der Waals surface area contributed by atoms with Crippen LogP contribution in [0, 0.1) is 5.92 Å². The molecule has 3 aromatic rings. The lowest BCUT2D eigenvalue weighted by molar-refractivity contribution is 0.171. The highest BCUT2D eigenvalue weighted by Gasteiger charge is 2.25. The molecule has 2 aliphatic heterocycles. The monoisotopic (exact) mass is 433 g/mol. The largest absolute Gasteiger partial charge is 0.486 e. The van der Waals surface area contributed by atoms with Gasteiger partial charge in [-0.15, -0.1) is 10.2 Å². The molecule has 0 atom stereocenters. The first kappa shape index (κ1) is 20.4. The van der Waals surface area contributed by atoms with E-state index in [9.17, 15) is 4.79 Å². The lowest BCUT2D eigenvalue weighted by Gasteiger charge is -2.32. The minimum atomic E-state index is -0.0765. The van der Waals surface area contributed by atoms with Crippen molar-refractivity contribution >= 4 is 11.7 Å². The molecule has 8 nitrogen and oxygen atoms in total. The van der Waals surface area contributed by atoms with Crippen LogP contribution in [0.4, 0.5) is 10.5 Å². The molecular weight excluding hydrogens is 406 g/mol. The number of amides is 2. The second-order valence-corrected chi connectivity index (χ2v) is 8.28. The maximum Gasteiger partial charge on any atom is 0.321 e. The maximum absolute atomic E-state index is 12.7. The molecule has 0 radical (unpaired) electrons. The predicted molar refractivity (Wildman–Crippen MR) is 120 cm³/mol. The minimum Gasteiger partial charge on any atom is -0.486 e. The molecule has 32 heavy (non-hydrogen) atoms. The van der Waals surface area contributed by atoms with Crippen LogP contribution in [-0.2, 0) is 13.0 Å². The molecule has 8 heteroatoms. The second-order valence-electron chi connectivity index (χ2n) is 8.28. The quantitative estimate of drug-likeness (QED) is 0.665. The molecule has 3 heterocycles. The molecule has 5 rings (SSSR count). The number of benzene rings is 2. The van der Waals surface area contributed by atoms with Crippen molar-refractivity contribution in [1.29, 1.82) is 0 Å². The minimum absolute atomic E-state index is 0.0765. The Morgan fingerprint density at radius 1 is 1.03 bits per heavy atom. The summed E-state index contributed by atoms with van der Waals surface area (Å²) >= 11 is 0. The first-order valence-corrected chi connectivity index (χ1v) is 11.1. The summed E-state index contributed by atoms with van der Waals surface area (Å²) in [6.07, 6.45) is 4.59. The van der Waals surface area contributed by atoms with Crippen LogP contribution in [0.2, 0.25) is 0 Å². The molecule has 2 amide bonds. The van der Waals surface area contributed by atoms with Gasteiger partial charge in [-0.1, -0.05) is 30.3 Å². The van der Waals surface area contributed by atoms with Crippen LogP contribution in [0.5, 0.6) is 11.5 Å². The SMILES string of the molecule is O=C(Nc1ccc2c(c1)OCCO2)N1CCC(Cc2nncn2Cc2ccccc2)CC1. The van der Waals surface area contributed by atoms with Gasteiger partial charge in [-0.2, -0.15) is 0 Å². The molecular formula is C24H27N5O3. The zero-order chi connectivity index (χ0) is 21.8. The average molecular weight is 434 g/mol. The van der Waals surface area contributed by atoms with Crippen molar-refractivity contribution in [1.82, 2.24) is 19.7 Å². The van der Waals surface area contributed by atoms with Gasteiger partial charge in [0.25, 0.3) is 0 Å². The van der Waals surface area contributed by atoms with E-state index in [0.29, 0.717) is 24.9 Å². The van der Waals surface area contributed by atoms with Crippen molar-refractivity contribution in [3.8, 4) is 11.5 Å². The Kier molecular flexibility index (Phi) is 5.91. The van der Waals surface area contributed by atoms with E-state index in [1.54, 1.807) is 6.33 Å². The molecule has 0 spiro atoms. The lowest BCUT2D eigenvalue weighted by atomic mass is 9.93. The van der Waals surface area contributed by atoms with Crippen LogP contribution in [0.15, 0.2) is 54.9 Å². The Hall–Kier alpha value is -3.55. The smallest absolute Gasteiger partial charge is 0.321 e. The number of nitrogens with zero attached hydrogens (tertiary/aromatic N) is 4. The number of piperidine rings is 1. The van der Waals surface area contributed by atoms with E-state index in [0.717, 1.165) is 56.2 Å². The molecule has 0 aliphatic carbocycles. The van der Waals surface area contributed by atoms with Crippen molar-refractivity contribution in [3.63, 3.8) is 0 Å². The second kappa shape index (κ2) is 9.30. The fraction of sp³-hybridized carbons (Fsp3) is 0.375. The lowest BCUT2D eigenvalue weighted by Crippen LogP contribution is -2.41. The summed E-state index contributed by atoms with van der Waals surface area (Å²) in [5.41, 5.74) is 1.95. The number of rotatable bonds is 5. The van der Waals surface area contributed by atoms with E-state index >= 15 is 0 Å². The van der Waals surface area contributed by atoms with E-state index in [1.807, 2.05) is 41.3 Å². The molecule has 2 aliphatic rings. The standard InChI is InChI=1S/C24H27N5O3/c30-24(26-20-6-7-21-22(15-20)32-13-12-31-21)28-10-8-18(9-11-28)14-23-27-25-17-29(23)16-19-4-2-1-3-5-19/h1-7,15,17-18H,8-14,16H2,(H,26,30). The molecule has 1 N–H and O–H groups in total. The van der Waals surface area contributed by atoms with E-state index in [2.05, 4.69) is 32.2 Å². The molecule has 0 saturated carbocycles.